The van der Waals surface area contributed by atoms with Crippen LogP contribution in [0.25, 0.3) is 0 Å². The molecule has 0 atom stereocenters. The van der Waals surface area contributed by atoms with Gasteiger partial charge in [-0.1, -0.05) is 0 Å². The number of hydrogen-bond donors (Lipinski definition) is 2. The topological polar surface area (TPSA) is 84.0 Å². The Hall–Kier alpha value is -1.99. The number of hydrogen-bond acceptors (Lipinski definition) is 5. The van der Waals surface area contributed by atoms with Gasteiger partial charge in [-0.15, -0.1) is 0 Å². The van der Waals surface area contributed by atoms with E-state index in [1.54, 1.807) is 36.7 Å². The second kappa shape index (κ2) is 6.64. The molecule has 0 fully saturated rings. The first-order chi connectivity index (χ1) is 10.0. The van der Waals surface area contributed by atoms with Crippen LogP contribution < -0.4 is 10.0 Å². The lowest BCUT2D eigenvalue weighted by Crippen LogP contribution is -2.23. The van der Waals surface area contributed by atoms with E-state index in [1.165, 1.54) is 0 Å². The molecule has 0 spiro atoms. The molecule has 0 bridgehead atoms. The zero-order valence-corrected chi connectivity index (χ0v) is 12.8. The van der Waals surface area contributed by atoms with Crippen molar-refractivity contribution in [1.29, 1.82) is 0 Å². The van der Waals surface area contributed by atoms with E-state index in [2.05, 4.69) is 20.0 Å². The van der Waals surface area contributed by atoms with Crippen LogP contribution in [0.5, 0.6) is 0 Å². The molecule has 0 amide bonds. The summed E-state index contributed by atoms with van der Waals surface area (Å²) in [6, 6.07) is 6.62. The van der Waals surface area contributed by atoms with Crippen molar-refractivity contribution in [3.8, 4) is 0 Å². The van der Waals surface area contributed by atoms with Gasteiger partial charge in [0.15, 0.2) is 0 Å². The number of benzene rings is 1. The van der Waals surface area contributed by atoms with Gasteiger partial charge in [-0.2, -0.15) is 0 Å². The molecule has 0 radical (unpaired) electrons. The molecule has 21 heavy (non-hydrogen) atoms. The standard InChI is InChI=1S/C14H18N4O2S/c1-3-15-12-4-6-14(7-5-12)21(19,20)18-10-13-9-16-11(2)8-17-13/h4-9,15,18H,3,10H2,1-2H3. The Balaban J connectivity index is 2.05. The summed E-state index contributed by atoms with van der Waals surface area (Å²) in [7, 11) is -3.55. The monoisotopic (exact) mass is 306 g/mol. The minimum Gasteiger partial charge on any atom is -0.385 e. The Morgan fingerprint density at radius 2 is 1.81 bits per heavy atom. The number of aromatic nitrogens is 2. The molecule has 2 aromatic rings. The number of aryl methyl sites for hydroxylation is 1. The van der Waals surface area contributed by atoms with E-state index < -0.39 is 10.0 Å². The molecular formula is C14H18N4O2S. The van der Waals surface area contributed by atoms with Gasteiger partial charge in [0.2, 0.25) is 10.0 Å². The van der Waals surface area contributed by atoms with Gasteiger partial charge in [-0.25, -0.2) is 13.1 Å². The van der Waals surface area contributed by atoms with E-state index in [4.69, 9.17) is 0 Å². The summed E-state index contributed by atoms with van der Waals surface area (Å²) >= 11 is 0. The number of sulfonamides is 1. The second-order valence-electron chi connectivity index (χ2n) is 4.53. The van der Waals surface area contributed by atoms with Crippen molar-refractivity contribution in [2.75, 3.05) is 11.9 Å². The van der Waals surface area contributed by atoms with E-state index >= 15 is 0 Å². The third-order valence-electron chi connectivity index (χ3n) is 2.82. The Morgan fingerprint density at radius 3 is 2.38 bits per heavy atom. The molecule has 1 aromatic carbocycles. The minimum absolute atomic E-state index is 0.116. The van der Waals surface area contributed by atoms with Crippen molar-refractivity contribution in [2.45, 2.75) is 25.3 Å². The highest BCUT2D eigenvalue weighted by Crippen LogP contribution is 2.14. The number of nitrogens with zero attached hydrogens (tertiary/aromatic N) is 2. The lowest BCUT2D eigenvalue weighted by molar-refractivity contribution is 0.580. The van der Waals surface area contributed by atoms with Gasteiger partial charge in [0.1, 0.15) is 0 Å². The molecule has 2 N–H and O–H groups in total. The van der Waals surface area contributed by atoms with Crippen LogP contribution in [0, 0.1) is 6.92 Å². The quantitative estimate of drug-likeness (QED) is 0.848. The van der Waals surface area contributed by atoms with Gasteiger partial charge < -0.3 is 5.32 Å². The lowest BCUT2D eigenvalue weighted by atomic mass is 10.3. The van der Waals surface area contributed by atoms with E-state index in [0.29, 0.717) is 5.69 Å². The van der Waals surface area contributed by atoms with Crippen LogP contribution in [0.2, 0.25) is 0 Å². The first-order valence-electron chi connectivity index (χ1n) is 6.62. The molecule has 0 unspecified atom stereocenters. The lowest BCUT2D eigenvalue weighted by Gasteiger charge is -2.08. The van der Waals surface area contributed by atoms with Crippen molar-refractivity contribution < 1.29 is 8.42 Å². The summed E-state index contributed by atoms with van der Waals surface area (Å²) in [6.45, 7) is 4.71. The summed E-state index contributed by atoms with van der Waals surface area (Å²) in [6.07, 6.45) is 3.17. The highest BCUT2D eigenvalue weighted by molar-refractivity contribution is 7.89. The molecule has 0 saturated carbocycles. The summed E-state index contributed by atoms with van der Waals surface area (Å²) in [5.41, 5.74) is 2.26. The number of nitrogens with one attached hydrogen (secondary N) is 2. The van der Waals surface area contributed by atoms with Gasteiger partial charge in [0.25, 0.3) is 0 Å². The van der Waals surface area contributed by atoms with Crippen LogP contribution in [0.4, 0.5) is 5.69 Å². The summed E-state index contributed by atoms with van der Waals surface area (Å²) in [5, 5.41) is 3.12. The van der Waals surface area contributed by atoms with Crippen LogP contribution in [-0.2, 0) is 16.6 Å². The van der Waals surface area contributed by atoms with Gasteiger partial charge in [-0.05, 0) is 38.1 Å². The maximum Gasteiger partial charge on any atom is 0.240 e. The molecule has 7 heteroatoms. The zero-order valence-electron chi connectivity index (χ0n) is 12.0. The van der Waals surface area contributed by atoms with Crippen molar-refractivity contribution in [3.63, 3.8) is 0 Å². The molecular weight excluding hydrogens is 288 g/mol. The maximum atomic E-state index is 12.2. The van der Waals surface area contributed by atoms with Gasteiger partial charge in [0, 0.05) is 18.4 Å². The van der Waals surface area contributed by atoms with Gasteiger partial charge >= 0.3 is 0 Å². The first-order valence-corrected chi connectivity index (χ1v) is 8.10. The van der Waals surface area contributed by atoms with Crippen molar-refractivity contribution in [2.24, 2.45) is 0 Å². The van der Waals surface area contributed by atoms with E-state index in [0.717, 1.165) is 17.9 Å². The normalized spacial score (nSPS) is 11.3. The fourth-order valence-corrected chi connectivity index (χ4v) is 2.72. The predicted molar refractivity (Wildman–Crippen MR) is 81.4 cm³/mol. The average molecular weight is 306 g/mol. The van der Waals surface area contributed by atoms with Crippen LogP contribution in [-0.4, -0.2) is 24.9 Å². The van der Waals surface area contributed by atoms with Crippen LogP contribution in [0.15, 0.2) is 41.6 Å². The molecule has 0 aliphatic heterocycles. The van der Waals surface area contributed by atoms with E-state index in [1.807, 2.05) is 13.8 Å². The SMILES string of the molecule is CCNc1ccc(S(=O)(=O)NCc2cnc(C)cn2)cc1. The minimum atomic E-state index is -3.55. The number of anilines is 1. The number of rotatable bonds is 6. The molecule has 0 aliphatic carbocycles. The third-order valence-corrected chi connectivity index (χ3v) is 4.24. The highest BCUT2D eigenvalue weighted by Gasteiger charge is 2.13. The maximum absolute atomic E-state index is 12.2. The molecule has 112 valence electrons. The van der Waals surface area contributed by atoms with E-state index in [9.17, 15) is 8.42 Å². The molecule has 1 heterocycles. The first kappa shape index (κ1) is 15.4. The van der Waals surface area contributed by atoms with Crippen LogP contribution in [0.3, 0.4) is 0 Å². The zero-order chi connectivity index (χ0) is 15.3. The molecule has 6 nitrogen and oxygen atoms in total. The Bertz CT molecular complexity index is 682. The third kappa shape index (κ3) is 4.24. The second-order valence-corrected chi connectivity index (χ2v) is 6.30. The van der Waals surface area contributed by atoms with Crippen molar-refractivity contribution in [3.05, 3.63) is 48.0 Å². The highest BCUT2D eigenvalue weighted by atomic mass is 32.2. The summed E-state index contributed by atoms with van der Waals surface area (Å²) in [4.78, 5) is 8.42. The fraction of sp³-hybridized carbons (Fsp3) is 0.286. The van der Waals surface area contributed by atoms with Crippen LogP contribution >= 0.6 is 0 Å². The fourth-order valence-electron chi connectivity index (χ4n) is 1.72. The Kier molecular flexibility index (Phi) is 4.87. The van der Waals surface area contributed by atoms with Crippen molar-refractivity contribution >= 4 is 15.7 Å². The average Bonchev–Trinajstić information content (AvgIpc) is 2.48. The Morgan fingerprint density at radius 1 is 1.10 bits per heavy atom. The Labute approximate surface area is 124 Å². The van der Waals surface area contributed by atoms with Crippen molar-refractivity contribution in [1.82, 2.24) is 14.7 Å². The van der Waals surface area contributed by atoms with Crippen LogP contribution in [0.1, 0.15) is 18.3 Å². The summed E-state index contributed by atoms with van der Waals surface area (Å²) in [5.74, 6) is 0. The molecule has 1 aromatic heterocycles. The molecule has 2 rings (SSSR count). The van der Waals surface area contributed by atoms with E-state index in [-0.39, 0.29) is 11.4 Å². The van der Waals surface area contributed by atoms with Gasteiger partial charge in [-0.3, -0.25) is 9.97 Å². The predicted octanol–water partition coefficient (Wildman–Crippen LogP) is 1.70. The largest absolute Gasteiger partial charge is 0.385 e. The molecule has 0 saturated heterocycles. The smallest absolute Gasteiger partial charge is 0.240 e. The van der Waals surface area contributed by atoms with Gasteiger partial charge in [0.05, 0.1) is 29.0 Å². The summed E-state index contributed by atoms with van der Waals surface area (Å²) < 4.78 is 26.8. The molecule has 0 aliphatic rings.